The number of anilines is 2. The first-order valence-electron chi connectivity index (χ1n) is 9.98. The second kappa shape index (κ2) is 11.7. The Morgan fingerprint density at radius 3 is 2.31 bits per heavy atom. The first-order valence-corrected chi connectivity index (χ1v) is 9.98. The third-order valence-electron chi connectivity index (χ3n) is 3.90. The molecule has 0 saturated heterocycles. The summed E-state index contributed by atoms with van der Waals surface area (Å²) in [7, 11) is 1.31. The van der Waals surface area contributed by atoms with Crippen LogP contribution in [0.25, 0.3) is 6.08 Å². The van der Waals surface area contributed by atoms with Gasteiger partial charge in [-0.05, 0) is 56.2 Å². The van der Waals surface area contributed by atoms with E-state index in [1.54, 1.807) is 51.1 Å². The van der Waals surface area contributed by atoms with Gasteiger partial charge in [0.2, 0.25) is 5.91 Å². The van der Waals surface area contributed by atoms with E-state index in [-0.39, 0.29) is 19.1 Å². The van der Waals surface area contributed by atoms with Crippen LogP contribution in [-0.2, 0) is 30.4 Å². The fourth-order valence-electron chi connectivity index (χ4n) is 2.58. The van der Waals surface area contributed by atoms with Crippen molar-refractivity contribution in [1.82, 2.24) is 0 Å². The first kappa shape index (κ1) is 24.6. The molecule has 0 atom stereocenters. The van der Waals surface area contributed by atoms with E-state index in [2.05, 4.69) is 15.4 Å². The average Bonchev–Trinajstić information content (AvgIpc) is 2.72. The maximum atomic E-state index is 12.3. The van der Waals surface area contributed by atoms with Crippen LogP contribution in [0.5, 0.6) is 0 Å². The lowest BCUT2D eigenvalue weighted by atomic mass is 10.1. The Morgan fingerprint density at radius 1 is 0.969 bits per heavy atom. The Labute approximate surface area is 187 Å². The standard InChI is InChI=1S/C24H28N2O6/c1-24(2,3)32-23(29)26-20-11-6-5-10-19(20)25-21(27)16-31-15-18-9-7-8-17(14-18)12-13-22(28)30-4/h5-14H,15-16H2,1-4H3,(H,25,27)(H,26,29)/b13-12+. The average molecular weight is 440 g/mol. The highest BCUT2D eigenvalue weighted by molar-refractivity contribution is 5.98. The van der Waals surface area contributed by atoms with Crippen LogP contribution in [0.4, 0.5) is 16.2 Å². The third kappa shape index (κ3) is 9.01. The van der Waals surface area contributed by atoms with Gasteiger partial charge in [-0.25, -0.2) is 9.59 Å². The van der Waals surface area contributed by atoms with Gasteiger partial charge in [-0.15, -0.1) is 0 Å². The number of carbonyl (C=O) groups excluding carboxylic acids is 3. The lowest BCUT2D eigenvalue weighted by molar-refractivity contribution is -0.134. The van der Waals surface area contributed by atoms with Crippen molar-refractivity contribution in [3.05, 3.63) is 65.7 Å². The summed E-state index contributed by atoms with van der Waals surface area (Å²) < 4.78 is 15.3. The number of hydrogen-bond acceptors (Lipinski definition) is 6. The zero-order chi connectivity index (χ0) is 23.6. The van der Waals surface area contributed by atoms with Gasteiger partial charge in [0.25, 0.3) is 0 Å². The minimum atomic E-state index is -0.636. The first-order chi connectivity index (χ1) is 15.2. The van der Waals surface area contributed by atoms with E-state index >= 15 is 0 Å². The molecule has 0 spiro atoms. The van der Waals surface area contributed by atoms with E-state index < -0.39 is 17.7 Å². The summed E-state index contributed by atoms with van der Waals surface area (Å²) in [4.78, 5) is 35.5. The number of hydrogen-bond donors (Lipinski definition) is 2. The SMILES string of the molecule is COC(=O)/C=C/c1cccc(COCC(=O)Nc2ccccc2NC(=O)OC(C)(C)C)c1. The Morgan fingerprint density at radius 2 is 1.66 bits per heavy atom. The van der Waals surface area contributed by atoms with Gasteiger partial charge in [-0.2, -0.15) is 0 Å². The van der Waals surface area contributed by atoms with Crippen LogP contribution in [-0.4, -0.2) is 37.3 Å². The Kier molecular flexibility index (Phi) is 8.97. The number of benzene rings is 2. The van der Waals surface area contributed by atoms with Gasteiger partial charge < -0.3 is 19.5 Å². The van der Waals surface area contributed by atoms with Gasteiger partial charge in [-0.3, -0.25) is 10.1 Å². The third-order valence-corrected chi connectivity index (χ3v) is 3.90. The molecule has 0 aliphatic heterocycles. The molecule has 2 amide bonds. The zero-order valence-electron chi connectivity index (χ0n) is 18.6. The number of carbonyl (C=O) groups is 3. The van der Waals surface area contributed by atoms with Gasteiger partial charge in [0.1, 0.15) is 12.2 Å². The molecule has 0 fully saturated rings. The fourth-order valence-corrected chi connectivity index (χ4v) is 2.58. The van der Waals surface area contributed by atoms with Gasteiger partial charge in [0.05, 0.1) is 25.1 Å². The lowest BCUT2D eigenvalue weighted by Gasteiger charge is -2.20. The van der Waals surface area contributed by atoms with Crippen LogP contribution < -0.4 is 10.6 Å². The van der Waals surface area contributed by atoms with E-state index in [4.69, 9.17) is 9.47 Å². The number of amides is 2. The predicted molar refractivity (Wildman–Crippen MR) is 122 cm³/mol. The predicted octanol–water partition coefficient (Wildman–Crippen LogP) is 4.38. The summed E-state index contributed by atoms with van der Waals surface area (Å²) in [6, 6.07) is 14.2. The zero-order valence-corrected chi connectivity index (χ0v) is 18.6. The van der Waals surface area contributed by atoms with Crippen molar-refractivity contribution in [2.75, 3.05) is 24.4 Å². The molecule has 170 valence electrons. The molecule has 0 saturated carbocycles. The number of esters is 1. The Hall–Kier alpha value is -3.65. The Bertz CT molecular complexity index is 978. The molecular weight excluding hydrogens is 412 g/mol. The second-order valence-corrected chi connectivity index (χ2v) is 7.81. The van der Waals surface area contributed by atoms with Crippen molar-refractivity contribution in [3.63, 3.8) is 0 Å². The van der Waals surface area contributed by atoms with Gasteiger partial charge in [0, 0.05) is 6.08 Å². The van der Waals surface area contributed by atoms with Crippen LogP contribution in [0.15, 0.2) is 54.6 Å². The van der Waals surface area contributed by atoms with Crippen molar-refractivity contribution in [2.45, 2.75) is 33.0 Å². The molecule has 0 radical (unpaired) electrons. The van der Waals surface area contributed by atoms with Crippen molar-refractivity contribution >= 4 is 35.4 Å². The molecule has 0 unspecified atom stereocenters. The molecule has 0 aliphatic carbocycles. The van der Waals surface area contributed by atoms with Crippen molar-refractivity contribution in [1.29, 1.82) is 0 Å². The largest absolute Gasteiger partial charge is 0.466 e. The van der Waals surface area contributed by atoms with Crippen LogP contribution in [0.3, 0.4) is 0 Å². The number of rotatable bonds is 8. The molecule has 2 aromatic carbocycles. The molecule has 8 nitrogen and oxygen atoms in total. The van der Waals surface area contributed by atoms with Crippen LogP contribution in [0, 0.1) is 0 Å². The van der Waals surface area contributed by atoms with Gasteiger partial charge >= 0.3 is 12.1 Å². The summed E-state index contributed by atoms with van der Waals surface area (Å²) in [5.74, 6) is -0.810. The minimum absolute atomic E-state index is 0.178. The van der Waals surface area contributed by atoms with Crippen molar-refractivity contribution < 1.29 is 28.6 Å². The number of nitrogens with one attached hydrogen (secondary N) is 2. The van der Waals surface area contributed by atoms with Gasteiger partial charge in [0.15, 0.2) is 0 Å². The molecule has 32 heavy (non-hydrogen) atoms. The molecule has 2 N–H and O–H groups in total. The lowest BCUT2D eigenvalue weighted by Crippen LogP contribution is -2.27. The van der Waals surface area contributed by atoms with Crippen LogP contribution in [0.2, 0.25) is 0 Å². The molecule has 0 bridgehead atoms. The van der Waals surface area contributed by atoms with Crippen LogP contribution in [0.1, 0.15) is 31.9 Å². The van der Waals surface area contributed by atoms with E-state index in [9.17, 15) is 14.4 Å². The summed E-state index contributed by atoms with van der Waals surface area (Å²) in [6.07, 6.45) is 2.35. The summed E-state index contributed by atoms with van der Waals surface area (Å²) in [5.41, 5.74) is 1.87. The van der Waals surface area contributed by atoms with Crippen LogP contribution >= 0.6 is 0 Å². The van der Waals surface area contributed by atoms with E-state index in [1.807, 2.05) is 24.3 Å². The topological polar surface area (TPSA) is 103 Å². The highest BCUT2D eigenvalue weighted by Gasteiger charge is 2.17. The smallest absolute Gasteiger partial charge is 0.412 e. The highest BCUT2D eigenvalue weighted by atomic mass is 16.6. The van der Waals surface area contributed by atoms with Crippen molar-refractivity contribution in [3.8, 4) is 0 Å². The summed E-state index contributed by atoms with van der Waals surface area (Å²) >= 11 is 0. The maximum absolute atomic E-state index is 12.3. The van der Waals surface area contributed by atoms with E-state index in [0.29, 0.717) is 11.4 Å². The Balaban J connectivity index is 1.88. The molecule has 8 heteroatoms. The monoisotopic (exact) mass is 440 g/mol. The fraction of sp³-hybridized carbons (Fsp3) is 0.292. The number of para-hydroxylation sites is 2. The quantitative estimate of drug-likeness (QED) is 0.467. The molecule has 2 aromatic rings. The number of ether oxygens (including phenoxy) is 3. The van der Waals surface area contributed by atoms with Crippen molar-refractivity contribution in [2.24, 2.45) is 0 Å². The molecule has 2 rings (SSSR count). The highest BCUT2D eigenvalue weighted by Crippen LogP contribution is 2.22. The number of methoxy groups -OCH3 is 1. The molecule has 0 aliphatic rings. The van der Waals surface area contributed by atoms with E-state index in [1.165, 1.54) is 13.2 Å². The molecule has 0 heterocycles. The maximum Gasteiger partial charge on any atom is 0.412 e. The minimum Gasteiger partial charge on any atom is -0.466 e. The summed E-state index contributed by atoms with van der Waals surface area (Å²) in [6.45, 7) is 5.34. The molecule has 0 aromatic heterocycles. The second-order valence-electron chi connectivity index (χ2n) is 7.81. The van der Waals surface area contributed by atoms with Gasteiger partial charge in [-0.1, -0.05) is 30.3 Å². The summed E-state index contributed by atoms with van der Waals surface area (Å²) in [5, 5.41) is 5.35. The van der Waals surface area contributed by atoms with E-state index in [0.717, 1.165) is 11.1 Å². The molecular formula is C24H28N2O6. The normalized spacial score (nSPS) is 11.1.